The number of amides is 2. The highest BCUT2D eigenvalue weighted by molar-refractivity contribution is 7.10. The largest absolute Gasteiger partial charge is 0.491 e. The molecule has 1 aromatic carbocycles. The van der Waals surface area contributed by atoms with Crippen molar-refractivity contribution in [3.63, 3.8) is 0 Å². The number of carbonyl (C=O) groups excluding carboxylic acids is 2. The van der Waals surface area contributed by atoms with Crippen LogP contribution in [0.25, 0.3) is 0 Å². The van der Waals surface area contributed by atoms with E-state index in [0.29, 0.717) is 19.1 Å². The Morgan fingerprint density at radius 1 is 1.11 bits per heavy atom. The standard InChI is InChI=1S/C29H40N2O3S/c1-20(2)21-10-12-23(13-11-21)34-19-25-24-15-17-35-26(24)14-16-30(25)27(32)18-31(29(3,4)5)28(33)22-8-6-7-9-22/h10-13,15,17,20,22,25H,6-9,14,16,18-19H2,1-5H3. The van der Waals surface area contributed by atoms with Crippen LogP contribution in [-0.4, -0.2) is 46.8 Å². The van der Waals surface area contributed by atoms with Crippen LogP contribution in [0.15, 0.2) is 35.7 Å². The van der Waals surface area contributed by atoms with Gasteiger partial charge in [0.15, 0.2) is 0 Å². The van der Waals surface area contributed by atoms with E-state index in [-0.39, 0.29) is 30.3 Å². The Labute approximate surface area is 214 Å². The van der Waals surface area contributed by atoms with E-state index in [9.17, 15) is 9.59 Å². The fourth-order valence-corrected chi connectivity index (χ4v) is 6.19. The molecule has 1 fully saturated rings. The number of nitrogens with zero attached hydrogens (tertiary/aromatic N) is 2. The molecule has 1 aliphatic carbocycles. The molecule has 2 aliphatic rings. The second-order valence-electron chi connectivity index (χ2n) is 11.3. The Bertz CT molecular complexity index is 1020. The summed E-state index contributed by atoms with van der Waals surface area (Å²) in [5, 5.41) is 2.11. The topological polar surface area (TPSA) is 49.9 Å². The minimum atomic E-state index is -0.400. The van der Waals surface area contributed by atoms with Crippen molar-refractivity contribution in [2.75, 3.05) is 19.7 Å². The summed E-state index contributed by atoms with van der Waals surface area (Å²) in [6.07, 6.45) is 4.94. The summed E-state index contributed by atoms with van der Waals surface area (Å²) >= 11 is 1.75. The van der Waals surface area contributed by atoms with Gasteiger partial charge >= 0.3 is 0 Å². The minimum absolute atomic E-state index is 0.00637. The normalized spacial score (nSPS) is 18.6. The smallest absolute Gasteiger partial charge is 0.242 e. The van der Waals surface area contributed by atoms with Crippen LogP contribution in [0, 0.1) is 5.92 Å². The van der Waals surface area contributed by atoms with Gasteiger partial charge in [-0.2, -0.15) is 0 Å². The molecular weight excluding hydrogens is 456 g/mol. The molecule has 0 radical (unpaired) electrons. The highest BCUT2D eigenvalue weighted by Crippen LogP contribution is 2.35. The summed E-state index contributed by atoms with van der Waals surface area (Å²) in [6, 6.07) is 10.2. The summed E-state index contributed by atoms with van der Waals surface area (Å²) in [7, 11) is 0. The summed E-state index contributed by atoms with van der Waals surface area (Å²) in [5.41, 5.74) is 2.06. The number of hydrogen-bond acceptors (Lipinski definition) is 4. The molecule has 4 rings (SSSR count). The van der Waals surface area contributed by atoms with Gasteiger partial charge in [0.25, 0.3) is 0 Å². The average molecular weight is 497 g/mol. The van der Waals surface area contributed by atoms with Crippen molar-refractivity contribution in [1.82, 2.24) is 9.80 Å². The van der Waals surface area contributed by atoms with Gasteiger partial charge in [0, 0.05) is 22.9 Å². The number of ether oxygens (including phenoxy) is 1. The Kier molecular flexibility index (Phi) is 7.89. The molecule has 35 heavy (non-hydrogen) atoms. The van der Waals surface area contributed by atoms with Crippen LogP contribution < -0.4 is 4.74 Å². The van der Waals surface area contributed by atoms with Crippen molar-refractivity contribution in [2.24, 2.45) is 5.92 Å². The van der Waals surface area contributed by atoms with Gasteiger partial charge in [-0.3, -0.25) is 9.59 Å². The van der Waals surface area contributed by atoms with Gasteiger partial charge in [-0.05, 0) is 80.7 Å². The zero-order valence-corrected chi connectivity index (χ0v) is 22.7. The van der Waals surface area contributed by atoms with E-state index in [4.69, 9.17) is 4.74 Å². The summed E-state index contributed by atoms with van der Waals surface area (Å²) in [4.78, 5) is 32.2. The van der Waals surface area contributed by atoms with Crippen LogP contribution in [0.5, 0.6) is 5.75 Å². The lowest BCUT2D eigenvalue weighted by atomic mass is 9.98. The maximum Gasteiger partial charge on any atom is 0.242 e. The fourth-order valence-electron chi connectivity index (χ4n) is 5.26. The van der Waals surface area contributed by atoms with E-state index in [2.05, 4.69) is 37.4 Å². The zero-order valence-electron chi connectivity index (χ0n) is 21.9. The second kappa shape index (κ2) is 10.7. The molecule has 1 unspecified atom stereocenters. The van der Waals surface area contributed by atoms with Crippen LogP contribution >= 0.6 is 11.3 Å². The lowest BCUT2D eigenvalue weighted by Gasteiger charge is -2.41. The molecule has 1 aliphatic heterocycles. The van der Waals surface area contributed by atoms with Crippen LogP contribution in [0.1, 0.15) is 88.3 Å². The molecular formula is C29H40N2O3S. The molecule has 2 aromatic rings. The molecule has 0 spiro atoms. The van der Waals surface area contributed by atoms with E-state index in [1.54, 1.807) is 11.3 Å². The number of fused-ring (bicyclic) bond motifs is 1. The molecule has 0 saturated heterocycles. The Morgan fingerprint density at radius 3 is 2.43 bits per heavy atom. The van der Waals surface area contributed by atoms with E-state index in [0.717, 1.165) is 37.9 Å². The molecule has 6 heteroatoms. The molecule has 190 valence electrons. The monoisotopic (exact) mass is 496 g/mol. The molecule has 1 aromatic heterocycles. The molecule has 1 saturated carbocycles. The van der Waals surface area contributed by atoms with Gasteiger partial charge in [0.1, 0.15) is 18.9 Å². The average Bonchev–Trinajstić information content (AvgIpc) is 3.52. The third-order valence-corrected chi connectivity index (χ3v) is 8.44. The Hall–Kier alpha value is -2.34. The quantitative estimate of drug-likeness (QED) is 0.459. The van der Waals surface area contributed by atoms with E-state index >= 15 is 0 Å². The van der Waals surface area contributed by atoms with Gasteiger partial charge in [0.05, 0.1) is 6.04 Å². The SMILES string of the molecule is CC(C)c1ccc(OCC2c3ccsc3CCN2C(=O)CN(C(=O)C2CCCC2)C(C)(C)C)cc1. The summed E-state index contributed by atoms with van der Waals surface area (Å²) in [5.74, 6) is 1.49. The van der Waals surface area contributed by atoms with E-state index < -0.39 is 5.54 Å². The van der Waals surface area contributed by atoms with Crippen molar-refractivity contribution < 1.29 is 14.3 Å². The maximum atomic E-state index is 13.7. The second-order valence-corrected chi connectivity index (χ2v) is 12.3. The Morgan fingerprint density at radius 2 is 1.80 bits per heavy atom. The van der Waals surface area contributed by atoms with Crippen LogP contribution in [-0.2, 0) is 16.0 Å². The summed E-state index contributed by atoms with van der Waals surface area (Å²) < 4.78 is 6.22. The summed E-state index contributed by atoms with van der Waals surface area (Å²) in [6.45, 7) is 11.6. The number of hydrogen-bond donors (Lipinski definition) is 0. The van der Waals surface area contributed by atoms with Gasteiger partial charge in [-0.1, -0.05) is 38.8 Å². The van der Waals surface area contributed by atoms with E-state index in [1.165, 1.54) is 16.0 Å². The highest BCUT2D eigenvalue weighted by atomic mass is 32.1. The van der Waals surface area contributed by atoms with Crippen molar-refractivity contribution in [3.8, 4) is 5.75 Å². The lowest BCUT2D eigenvalue weighted by molar-refractivity contribution is -0.149. The van der Waals surface area contributed by atoms with E-state index in [1.807, 2.05) is 42.7 Å². The highest BCUT2D eigenvalue weighted by Gasteiger charge is 2.38. The number of benzene rings is 1. The first kappa shape index (κ1) is 25.7. The first-order valence-corrected chi connectivity index (χ1v) is 13.9. The molecule has 1 atom stereocenters. The number of thiophene rings is 1. The van der Waals surface area contributed by atoms with Crippen LogP contribution in [0.2, 0.25) is 0 Å². The van der Waals surface area contributed by atoms with Crippen molar-refractivity contribution >= 4 is 23.2 Å². The number of carbonyl (C=O) groups is 2. The lowest BCUT2D eigenvalue weighted by Crippen LogP contribution is -2.54. The third-order valence-electron chi connectivity index (χ3n) is 7.44. The molecule has 2 amide bonds. The first-order valence-electron chi connectivity index (χ1n) is 13.0. The van der Waals surface area contributed by atoms with Gasteiger partial charge < -0.3 is 14.5 Å². The van der Waals surface area contributed by atoms with Crippen molar-refractivity contribution in [3.05, 3.63) is 51.7 Å². The van der Waals surface area contributed by atoms with Crippen LogP contribution in [0.4, 0.5) is 0 Å². The molecule has 0 N–H and O–H groups in total. The molecule has 2 heterocycles. The predicted octanol–water partition coefficient (Wildman–Crippen LogP) is 6.19. The predicted molar refractivity (Wildman–Crippen MR) is 142 cm³/mol. The van der Waals surface area contributed by atoms with Gasteiger partial charge in [-0.25, -0.2) is 0 Å². The van der Waals surface area contributed by atoms with Crippen molar-refractivity contribution in [1.29, 1.82) is 0 Å². The molecule has 5 nitrogen and oxygen atoms in total. The number of rotatable bonds is 7. The molecule has 0 bridgehead atoms. The fraction of sp³-hybridized carbons (Fsp3) is 0.586. The van der Waals surface area contributed by atoms with Gasteiger partial charge in [0.2, 0.25) is 11.8 Å². The Balaban J connectivity index is 1.50. The van der Waals surface area contributed by atoms with Gasteiger partial charge in [-0.15, -0.1) is 11.3 Å². The zero-order chi connectivity index (χ0) is 25.2. The maximum absolute atomic E-state index is 13.7. The third kappa shape index (κ3) is 5.91. The first-order chi connectivity index (χ1) is 16.6. The van der Waals surface area contributed by atoms with Crippen LogP contribution in [0.3, 0.4) is 0 Å². The minimum Gasteiger partial charge on any atom is -0.491 e. The van der Waals surface area contributed by atoms with Crippen molar-refractivity contribution in [2.45, 2.75) is 84.2 Å².